The molecule has 0 bridgehead atoms. The van der Waals surface area contributed by atoms with Crippen LogP contribution < -0.4 is 0 Å². The van der Waals surface area contributed by atoms with Gasteiger partial charge in [0, 0.05) is 12.2 Å². The zero-order chi connectivity index (χ0) is 12.9. The molecule has 4 nitrogen and oxygen atoms in total. The van der Waals surface area contributed by atoms with Crippen molar-refractivity contribution in [1.82, 2.24) is 0 Å². The summed E-state index contributed by atoms with van der Waals surface area (Å²) in [5.74, 6) is -0.626. The van der Waals surface area contributed by atoms with Crippen LogP contribution in [-0.4, -0.2) is 25.2 Å². The Morgan fingerprint density at radius 3 is 1.59 bits per heavy atom. The van der Waals surface area contributed by atoms with Gasteiger partial charge in [-0.05, 0) is 33.1 Å². The van der Waals surface area contributed by atoms with Gasteiger partial charge in [0.2, 0.25) is 0 Å². The lowest BCUT2D eigenvalue weighted by atomic mass is 10.2. The molecule has 0 aliphatic rings. The minimum Gasteiger partial charge on any atom is -0.463 e. The first-order valence-corrected chi connectivity index (χ1v) is 5.79. The molecule has 0 radical (unpaired) electrons. The second-order valence-corrected chi connectivity index (χ2v) is 3.40. The van der Waals surface area contributed by atoms with Crippen molar-refractivity contribution in [3.8, 4) is 0 Å². The van der Waals surface area contributed by atoms with E-state index in [0.717, 1.165) is 19.3 Å². The third-order valence-electron chi connectivity index (χ3n) is 1.88. The smallest absolute Gasteiger partial charge is 0.330 e. The highest BCUT2D eigenvalue weighted by atomic mass is 16.5. The molecule has 96 valence electrons. The standard InChI is InChI=1S/C13H20O4/c1-3-8-12(14)16-10-6-5-7-11-17-13(15)9-4-2/h3-4,8-9H,5-7,10-11H2,1-2H3/b8-3-,9-4+. The maximum atomic E-state index is 10.9. The number of ether oxygens (including phenoxy) is 2. The van der Waals surface area contributed by atoms with Gasteiger partial charge in [0.15, 0.2) is 0 Å². The third kappa shape index (κ3) is 10.7. The average molecular weight is 240 g/mol. The maximum absolute atomic E-state index is 10.9. The first kappa shape index (κ1) is 15.4. The highest BCUT2D eigenvalue weighted by Crippen LogP contribution is 1.97. The molecule has 0 aliphatic carbocycles. The number of esters is 2. The molecular weight excluding hydrogens is 220 g/mol. The summed E-state index contributed by atoms with van der Waals surface area (Å²) in [6, 6.07) is 0. The van der Waals surface area contributed by atoms with Crippen LogP contribution in [-0.2, 0) is 19.1 Å². The summed E-state index contributed by atoms with van der Waals surface area (Å²) in [7, 11) is 0. The van der Waals surface area contributed by atoms with Crippen LogP contribution in [0, 0.1) is 0 Å². The average Bonchev–Trinajstić information content (AvgIpc) is 2.28. The number of allylic oxidation sites excluding steroid dienone is 2. The summed E-state index contributed by atoms with van der Waals surface area (Å²) in [5.41, 5.74) is 0. The van der Waals surface area contributed by atoms with Crippen LogP contribution in [0.3, 0.4) is 0 Å². The zero-order valence-electron chi connectivity index (χ0n) is 10.5. The molecule has 0 N–H and O–H groups in total. The number of rotatable bonds is 8. The normalized spacial score (nSPS) is 10.9. The van der Waals surface area contributed by atoms with Gasteiger partial charge in [0.25, 0.3) is 0 Å². The lowest BCUT2D eigenvalue weighted by molar-refractivity contribution is -0.138. The molecule has 0 saturated carbocycles. The van der Waals surface area contributed by atoms with E-state index in [1.807, 2.05) is 0 Å². The predicted octanol–water partition coefficient (Wildman–Crippen LogP) is 2.40. The van der Waals surface area contributed by atoms with Crippen molar-refractivity contribution >= 4 is 11.9 Å². The first-order valence-electron chi connectivity index (χ1n) is 5.79. The van der Waals surface area contributed by atoms with Gasteiger partial charge in [-0.25, -0.2) is 9.59 Å². The first-order chi connectivity index (χ1) is 8.20. The largest absolute Gasteiger partial charge is 0.463 e. The molecule has 0 atom stereocenters. The number of carbonyl (C=O) groups is 2. The quantitative estimate of drug-likeness (QED) is 0.371. The molecule has 0 unspecified atom stereocenters. The summed E-state index contributed by atoms with van der Waals surface area (Å²) < 4.78 is 9.81. The Balaban J connectivity index is 3.30. The molecule has 0 saturated heterocycles. The fourth-order valence-corrected chi connectivity index (χ4v) is 1.09. The van der Waals surface area contributed by atoms with Crippen LogP contribution in [0.5, 0.6) is 0 Å². The Hall–Kier alpha value is -1.58. The molecule has 0 heterocycles. The van der Waals surface area contributed by atoms with Gasteiger partial charge in [-0.3, -0.25) is 0 Å². The molecule has 0 spiro atoms. The second-order valence-electron chi connectivity index (χ2n) is 3.40. The van der Waals surface area contributed by atoms with Crippen molar-refractivity contribution in [2.24, 2.45) is 0 Å². The van der Waals surface area contributed by atoms with Gasteiger partial charge in [-0.1, -0.05) is 12.2 Å². The monoisotopic (exact) mass is 240 g/mol. The van der Waals surface area contributed by atoms with Crippen LogP contribution in [0.4, 0.5) is 0 Å². The van der Waals surface area contributed by atoms with Gasteiger partial charge in [0.1, 0.15) is 0 Å². The number of carbonyl (C=O) groups excluding carboxylic acids is 2. The summed E-state index contributed by atoms with van der Waals surface area (Å²) >= 11 is 0. The topological polar surface area (TPSA) is 52.6 Å². The summed E-state index contributed by atoms with van der Waals surface area (Å²) in [4.78, 5) is 21.8. The van der Waals surface area contributed by atoms with E-state index in [-0.39, 0.29) is 11.9 Å². The lowest BCUT2D eigenvalue weighted by Gasteiger charge is -2.03. The van der Waals surface area contributed by atoms with Crippen molar-refractivity contribution in [2.75, 3.05) is 13.2 Å². The number of hydrogen-bond acceptors (Lipinski definition) is 4. The molecule has 0 rings (SSSR count). The van der Waals surface area contributed by atoms with Crippen LogP contribution in [0.2, 0.25) is 0 Å². The highest BCUT2D eigenvalue weighted by Gasteiger charge is 1.97. The van der Waals surface area contributed by atoms with Crippen molar-refractivity contribution in [1.29, 1.82) is 0 Å². The van der Waals surface area contributed by atoms with E-state index < -0.39 is 0 Å². The Labute approximate surface area is 102 Å². The Morgan fingerprint density at radius 2 is 1.24 bits per heavy atom. The van der Waals surface area contributed by atoms with E-state index in [2.05, 4.69) is 0 Å². The molecule has 0 aromatic heterocycles. The number of unbranched alkanes of at least 4 members (excludes halogenated alkanes) is 2. The molecule has 0 aromatic carbocycles. The van der Waals surface area contributed by atoms with E-state index in [1.165, 1.54) is 12.2 Å². The van der Waals surface area contributed by atoms with Gasteiger partial charge in [-0.15, -0.1) is 0 Å². The molecule has 0 amide bonds. The van der Waals surface area contributed by atoms with E-state index in [9.17, 15) is 9.59 Å². The minimum absolute atomic E-state index is 0.313. The highest BCUT2D eigenvalue weighted by molar-refractivity contribution is 5.82. The molecular formula is C13H20O4. The fourth-order valence-electron chi connectivity index (χ4n) is 1.09. The molecule has 0 aromatic rings. The van der Waals surface area contributed by atoms with Gasteiger partial charge in [-0.2, -0.15) is 0 Å². The van der Waals surface area contributed by atoms with Crippen LogP contribution in [0.15, 0.2) is 24.3 Å². The van der Waals surface area contributed by atoms with E-state index in [0.29, 0.717) is 13.2 Å². The van der Waals surface area contributed by atoms with E-state index in [1.54, 1.807) is 26.0 Å². The summed E-state index contributed by atoms with van der Waals surface area (Å²) in [5, 5.41) is 0. The third-order valence-corrected chi connectivity index (χ3v) is 1.88. The van der Waals surface area contributed by atoms with Crippen LogP contribution >= 0.6 is 0 Å². The fraction of sp³-hybridized carbons (Fsp3) is 0.538. The van der Waals surface area contributed by atoms with Crippen molar-refractivity contribution in [2.45, 2.75) is 33.1 Å². The molecule has 4 heteroatoms. The maximum Gasteiger partial charge on any atom is 0.330 e. The molecule has 0 aliphatic heterocycles. The van der Waals surface area contributed by atoms with Gasteiger partial charge < -0.3 is 9.47 Å². The predicted molar refractivity (Wildman–Crippen MR) is 65.4 cm³/mol. The Morgan fingerprint density at radius 1 is 0.824 bits per heavy atom. The Kier molecular flexibility index (Phi) is 9.91. The van der Waals surface area contributed by atoms with E-state index in [4.69, 9.17) is 9.47 Å². The summed E-state index contributed by atoms with van der Waals surface area (Å²) in [6.07, 6.45) is 8.49. The summed E-state index contributed by atoms with van der Waals surface area (Å²) in [6.45, 7) is 4.35. The molecule has 0 fully saturated rings. The second kappa shape index (κ2) is 10.9. The minimum atomic E-state index is -0.313. The SMILES string of the molecule is C/C=C\C(=O)OCCCCCOC(=O)/C=C/C. The van der Waals surface area contributed by atoms with Crippen molar-refractivity contribution < 1.29 is 19.1 Å². The molecule has 17 heavy (non-hydrogen) atoms. The van der Waals surface area contributed by atoms with Gasteiger partial charge >= 0.3 is 11.9 Å². The lowest BCUT2D eigenvalue weighted by Crippen LogP contribution is -2.04. The van der Waals surface area contributed by atoms with Crippen LogP contribution in [0.1, 0.15) is 33.1 Å². The number of hydrogen-bond donors (Lipinski definition) is 0. The van der Waals surface area contributed by atoms with E-state index >= 15 is 0 Å². The Bertz CT molecular complexity index is 251. The van der Waals surface area contributed by atoms with Crippen molar-refractivity contribution in [3.63, 3.8) is 0 Å². The van der Waals surface area contributed by atoms with Gasteiger partial charge in [0.05, 0.1) is 13.2 Å². The zero-order valence-corrected chi connectivity index (χ0v) is 10.5. The van der Waals surface area contributed by atoms with Crippen molar-refractivity contribution in [3.05, 3.63) is 24.3 Å². The van der Waals surface area contributed by atoms with Crippen LogP contribution in [0.25, 0.3) is 0 Å².